The van der Waals surface area contributed by atoms with Gasteiger partial charge in [0.1, 0.15) is 0 Å². The van der Waals surface area contributed by atoms with Gasteiger partial charge < -0.3 is 10.0 Å². The van der Waals surface area contributed by atoms with Crippen LogP contribution in [0, 0.1) is 6.92 Å². The number of nitrogens with zero attached hydrogens (tertiary/aromatic N) is 3. The van der Waals surface area contributed by atoms with Crippen LogP contribution in [0.4, 0.5) is 0 Å². The second-order valence-electron chi connectivity index (χ2n) is 5.42. The average molecular weight is 317 g/mol. The number of carbonyl (C=O) groups is 2. The second kappa shape index (κ2) is 7.04. The predicted octanol–water partition coefficient (Wildman–Crippen LogP) is 1.03. The number of benzene rings is 1. The summed E-state index contributed by atoms with van der Waals surface area (Å²) in [6.45, 7) is 2.25. The van der Waals surface area contributed by atoms with Gasteiger partial charge in [0, 0.05) is 26.6 Å². The Morgan fingerprint density at radius 3 is 2.74 bits per heavy atom. The molecule has 1 aromatic heterocycles. The molecule has 0 aliphatic carbocycles. The quantitative estimate of drug-likeness (QED) is 0.859. The molecule has 7 heteroatoms. The molecule has 0 atom stereocenters. The number of hydrogen-bond acceptors (Lipinski definition) is 4. The van der Waals surface area contributed by atoms with E-state index >= 15 is 0 Å². The molecule has 23 heavy (non-hydrogen) atoms. The number of aryl methyl sites for hydroxylation is 2. The van der Waals surface area contributed by atoms with Crippen LogP contribution >= 0.6 is 0 Å². The van der Waals surface area contributed by atoms with Crippen molar-refractivity contribution in [2.75, 3.05) is 13.6 Å². The maximum atomic E-state index is 12.4. The molecular formula is C16H19N3O4. The predicted molar refractivity (Wildman–Crippen MR) is 85.2 cm³/mol. The van der Waals surface area contributed by atoms with Crippen LogP contribution < -0.4 is 5.56 Å². The van der Waals surface area contributed by atoms with Crippen molar-refractivity contribution in [3.63, 3.8) is 0 Å². The fourth-order valence-electron chi connectivity index (χ4n) is 2.29. The maximum Gasteiger partial charge on any atom is 0.305 e. The van der Waals surface area contributed by atoms with Crippen LogP contribution in [0.25, 0.3) is 10.9 Å². The Kier molecular flexibility index (Phi) is 5.10. The molecule has 0 spiro atoms. The highest BCUT2D eigenvalue weighted by Gasteiger charge is 2.12. The summed E-state index contributed by atoms with van der Waals surface area (Å²) in [6, 6.07) is 5.41. The van der Waals surface area contributed by atoms with Gasteiger partial charge in [-0.1, -0.05) is 12.1 Å². The summed E-state index contributed by atoms with van der Waals surface area (Å²) in [5.74, 6) is -1.16. The van der Waals surface area contributed by atoms with Crippen molar-refractivity contribution in [3.8, 4) is 0 Å². The summed E-state index contributed by atoms with van der Waals surface area (Å²) < 4.78 is 1.41. The van der Waals surface area contributed by atoms with Gasteiger partial charge in [-0.3, -0.25) is 19.0 Å². The minimum Gasteiger partial charge on any atom is -0.481 e. The lowest BCUT2D eigenvalue weighted by atomic mass is 10.1. The van der Waals surface area contributed by atoms with Crippen LogP contribution in [0.2, 0.25) is 0 Å². The van der Waals surface area contributed by atoms with E-state index in [1.54, 1.807) is 19.2 Å². The van der Waals surface area contributed by atoms with Crippen LogP contribution in [0.3, 0.4) is 0 Å². The van der Waals surface area contributed by atoms with Gasteiger partial charge in [0.15, 0.2) is 0 Å². The zero-order chi connectivity index (χ0) is 17.0. The molecule has 0 saturated heterocycles. The summed E-state index contributed by atoms with van der Waals surface area (Å²) >= 11 is 0. The van der Waals surface area contributed by atoms with Crippen molar-refractivity contribution in [2.24, 2.45) is 0 Å². The Morgan fingerprint density at radius 2 is 2.04 bits per heavy atom. The van der Waals surface area contributed by atoms with E-state index in [4.69, 9.17) is 5.11 Å². The minimum absolute atomic E-state index is 0.0982. The van der Waals surface area contributed by atoms with Crippen molar-refractivity contribution in [3.05, 3.63) is 40.4 Å². The number of para-hydroxylation sites is 1. The van der Waals surface area contributed by atoms with E-state index in [1.165, 1.54) is 15.8 Å². The lowest BCUT2D eigenvalue weighted by Gasteiger charge is -2.16. The number of carbonyl (C=O) groups excluding carboxylic acids is 1. The molecule has 1 N–H and O–H groups in total. The normalized spacial score (nSPS) is 10.7. The standard InChI is InChI=1S/C16H19N3O4/c1-11-4-3-5-12-15(11)17-10-19(16(12)23)9-6-13(20)18(2)8-7-14(21)22/h3-5,10H,6-9H2,1-2H3,(H,21,22). The fraction of sp³-hybridized carbons (Fsp3) is 0.375. The van der Waals surface area contributed by atoms with Crippen LogP contribution in [-0.4, -0.2) is 45.0 Å². The molecule has 1 amide bonds. The largest absolute Gasteiger partial charge is 0.481 e. The second-order valence-corrected chi connectivity index (χ2v) is 5.42. The van der Waals surface area contributed by atoms with E-state index < -0.39 is 5.97 Å². The van der Waals surface area contributed by atoms with Crippen LogP contribution in [0.1, 0.15) is 18.4 Å². The van der Waals surface area contributed by atoms with Gasteiger partial charge in [-0.15, -0.1) is 0 Å². The zero-order valence-electron chi connectivity index (χ0n) is 13.2. The fourth-order valence-corrected chi connectivity index (χ4v) is 2.29. The summed E-state index contributed by atoms with van der Waals surface area (Å²) in [7, 11) is 1.55. The van der Waals surface area contributed by atoms with Crippen LogP contribution in [0.5, 0.6) is 0 Å². The number of fused-ring (bicyclic) bond motifs is 1. The monoisotopic (exact) mass is 317 g/mol. The Hall–Kier alpha value is -2.70. The van der Waals surface area contributed by atoms with Crippen molar-refractivity contribution >= 4 is 22.8 Å². The number of carboxylic acids is 1. The van der Waals surface area contributed by atoms with Gasteiger partial charge in [-0.25, -0.2) is 4.98 Å². The van der Waals surface area contributed by atoms with Gasteiger partial charge in [0.25, 0.3) is 5.56 Å². The SMILES string of the molecule is Cc1cccc2c(=O)n(CCC(=O)N(C)CCC(=O)O)cnc12. The first-order valence-electron chi connectivity index (χ1n) is 7.30. The highest BCUT2D eigenvalue weighted by molar-refractivity contribution is 5.80. The molecule has 0 radical (unpaired) electrons. The van der Waals surface area contributed by atoms with Crippen molar-refractivity contribution in [1.82, 2.24) is 14.5 Å². The Bertz CT molecular complexity index is 798. The van der Waals surface area contributed by atoms with Crippen LogP contribution in [0.15, 0.2) is 29.3 Å². The molecule has 2 aromatic rings. The maximum absolute atomic E-state index is 12.4. The summed E-state index contributed by atoms with van der Waals surface area (Å²) in [4.78, 5) is 40.5. The molecule has 0 saturated carbocycles. The molecule has 0 aliphatic rings. The third-order valence-corrected chi connectivity index (χ3v) is 3.71. The molecule has 1 aromatic carbocycles. The smallest absolute Gasteiger partial charge is 0.305 e. The molecule has 7 nitrogen and oxygen atoms in total. The Morgan fingerprint density at radius 1 is 1.30 bits per heavy atom. The zero-order valence-corrected chi connectivity index (χ0v) is 13.2. The first-order valence-corrected chi connectivity index (χ1v) is 7.30. The Labute approximate surface area is 133 Å². The van der Waals surface area contributed by atoms with E-state index in [2.05, 4.69) is 4.98 Å². The van der Waals surface area contributed by atoms with E-state index in [9.17, 15) is 14.4 Å². The van der Waals surface area contributed by atoms with Gasteiger partial charge in [0.05, 0.1) is 23.7 Å². The number of rotatable bonds is 6. The van der Waals surface area contributed by atoms with E-state index in [0.29, 0.717) is 10.9 Å². The number of aromatic nitrogens is 2. The Balaban J connectivity index is 2.08. The number of amides is 1. The highest BCUT2D eigenvalue weighted by atomic mass is 16.4. The average Bonchev–Trinajstić information content (AvgIpc) is 2.52. The summed E-state index contributed by atoms with van der Waals surface area (Å²) in [5, 5.41) is 9.15. The van der Waals surface area contributed by atoms with Gasteiger partial charge in [0.2, 0.25) is 5.91 Å². The molecule has 0 unspecified atom stereocenters. The summed E-state index contributed by atoms with van der Waals surface area (Å²) in [5.41, 5.74) is 1.41. The van der Waals surface area contributed by atoms with Crippen molar-refractivity contribution < 1.29 is 14.7 Å². The summed E-state index contributed by atoms with van der Waals surface area (Å²) in [6.07, 6.45) is 1.47. The topological polar surface area (TPSA) is 92.5 Å². The lowest BCUT2D eigenvalue weighted by Crippen LogP contribution is -2.31. The van der Waals surface area contributed by atoms with Crippen molar-refractivity contribution in [1.29, 1.82) is 0 Å². The third-order valence-electron chi connectivity index (χ3n) is 3.71. The van der Waals surface area contributed by atoms with Gasteiger partial charge in [-0.2, -0.15) is 0 Å². The first-order chi connectivity index (χ1) is 10.9. The van der Waals surface area contributed by atoms with E-state index in [-0.39, 0.29) is 37.4 Å². The molecule has 0 fully saturated rings. The van der Waals surface area contributed by atoms with E-state index in [0.717, 1.165) is 5.56 Å². The molecule has 122 valence electrons. The molecule has 0 bridgehead atoms. The molecule has 1 heterocycles. The number of hydrogen-bond donors (Lipinski definition) is 1. The first kappa shape index (κ1) is 16.7. The molecular weight excluding hydrogens is 298 g/mol. The third kappa shape index (κ3) is 3.94. The number of carboxylic acid groups (broad SMARTS) is 1. The van der Waals surface area contributed by atoms with Crippen LogP contribution in [-0.2, 0) is 16.1 Å². The van der Waals surface area contributed by atoms with Gasteiger partial charge in [-0.05, 0) is 18.6 Å². The lowest BCUT2D eigenvalue weighted by molar-refractivity contribution is -0.138. The highest BCUT2D eigenvalue weighted by Crippen LogP contribution is 2.11. The van der Waals surface area contributed by atoms with Gasteiger partial charge >= 0.3 is 5.97 Å². The molecule has 0 aliphatic heterocycles. The minimum atomic E-state index is -0.949. The van der Waals surface area contributed by atoms with E-state index in [1.807, 2.05) is 13.0 Å². The number of aliphatic carboxylic acids is 1. The molecule has 2 rings (SSSR count). The van der Waals surface area contributed by atoms with Crippen molar-refractivity contribution in [2.45, 2.75) is 26.3 Å².